The van der Waals surface area contributed by atoms with Gasteiger partial charge in [0.15, 0.2) is 9.84 Å². The van der Waals surface area contributed by atoms with E-state index in [-0.39, 0.29) is 5.56 Å². The highest BCUT2D eigenvalue weighted by molar-refractivity contribution is 7.93. The summed E-state index contributed by atoms with van der Waals surface area (Å²) >= 11 is 10.4. The number of benzene rings is 1. The van der Waals surface area contributed by atoms with Crippen molar-refractivity contribution >= 4 is 33.0 Å². The van der Waals surface area contributed by atoms with Gasteiger partial charge in [0, 0.05) is 0 Å². The second-order valence-corrected chi connectivity index (χ2v) is 6.97. The summed E-state index contributed by atoms with van der Waals surface area (Å²) in [6.45, 7) is 0. The molecule has 0 aliphatic carbocycles. The molecule has 0 N–H and O–H groups in total. The molecule has 0 amide bonds. The van der Waals surface area contributed by atoms with Gasteiger partial charge in [-0.2, -0.15) is 13.2 Å². The van der Waals surface area contributed by atoms with Crippen LogP contribution in [0.5, 0.6) is 0 Å². The lowest BCUT2D eigenvalue weighted by Gasteiger charge is -2.09. The van der Waals surface area contributed by atoms with Gasteiger partial charge in [0.05, 0.1) is 11.3 Å². The van der Waals surface area contributed by atoms with E-state index in [0.29, 0.717) is 0 Å². The van der Waals surface area contributed by atoms with Crippen LogP contribution >= 0.6 is 23.2 Å². The smallest absolute Gasteiger partial charge is 0.226 e. The Morgan fingerprint density at radius 1 is 1.24 bits per heavy atom. The Hall–Kier alpha value is -0.460. The minimum Gasteiger partial charge on any atom is -0.226 e. The average Bonchev–Trinajstić information content (AvgIpc) is 2.15. The zero-order valence-electron chi connectivity index (χ0n) is 8.21. The molecule has 0 atom stereocenters. The maximum atomic E-state index is 12.4. The number of hydrogen-bond acceptors (Lipinski definition) is 2. The van der Waals surface area contributed by atoms with Gasteiger partial charge in [0.2, 0.25) is 4.17 Å². The molecule has 0 saturated heterocycles. The molecule has 96 valence electrons. The van der Waals surface area contributed by atoms with E-state index in [1.54, 1.807) is 0 Å². The second kappa shape index (κ2) is 5.04. The van der Waals surface area contributed by atoms with Gasteiger partial charge in [-0.25, -0.2) is 8.42 Å². The molecule has 1 aromatic carbocycles. The van der Waals surface area contributed by atoms with Crippen LogP contribution in [-0.4, -0.2) is 12.6 Å². The van der Waals surface area contributed by atoms with Gasteiger partial charge in [-0.1, -0.05) is 41.4 Å². The minimum absolute atomic E-state index is 0.00822. The van der Waals surface area contributed by atoms with E-state index in [0.717, 1.165) is 18.2 Å². The summed E-state index contributed by atoms with van der Waals surface area (Å²) in [5, 5.41) is 0. The number of rotatable bonds is 3. The lowest BCUT2D eigenvalue weighted by atomic mass is 10.1. The maximum Gasteiger partial charge on any atom is 0.416 e. The zero-order chi connectivity index (χ0) is 13.3. The lowest BCUT2D eigenvalue weighted by Crippen LogP contribution is -2.13. The maximum absolute atomic E-state index is 12.4. The molecule has 0 saturated carbocycles. The van der Waals surface area contributed by atoms with Crippen molar-refractivity contribution in [3.63, 3.8) is 0 Å². The highest BCUT2D eigenvalue weighted by Gasteiger charge is 2.31. The van der Waals surface area contributed by atoms with Gasteiger partial charge in [0.1, 0.15) is 0 Å². The highest BCUT2D eigenvalue weighted by atomic mass is 35.5. The monoisotopic (exact) mass is 306 g/mol. The van der Waals surface area contributed by atoms with Crippen LogP contribution in [-0.2, 0) is 21.8 Å². The van der Waals surface area contributed by atoms with Crippen molar-refractivity contribution in [3.05, 3.63) is 35.4 Å². The van der Waals surface area contributed by atoms with Crippen molar-refractivity contribution in [1.29, 1.82) is 0 Å². The van der Waals surface area contributed by atoms with Crippen LogP contribution in [0.15, 0.2) is 24.3 Å². The van der Waals surface area contributed by atoms with Crippen LogP contribution in [0.4, 0.5) is 13.2 Å². The third-order valence-electron chi connectivity index (χ3n) is 1.89. The van der Waals surface area contributed by atoms with Crippen molar-refractivity contribution in [2.24, 2.45) is 0 Å². The molecule has 1 rings (SSSR count). The third-order valence-corrected chi connectivity index (χ3v) is 4.80. The van der Waals surface area contributed by atoms with Gasteiger partial charge in [-0.05, 0) is 11.6 Å². The van der Waals surface area contributed by atoms with E-state index in [1.807, 2.05) is 0 Å². The van der Waals surface area contributed by atoms with E-state index < -0.39 is 31.5 Å². The molecule has 0 aliphatic heterocycles. The molecule has 0 fully saturated rings. The highest BCUT2D eigenvalue weighted by Crippen LogP contribution is 2.30. The number of hydrogen-bond donors (Lipinski definition) is 0. The molecule has 1 aromatic rings. The summed E-state index contributed by atoms with van der Waals surface area (Å²) < 4.78 is 58.0. The van der Waals surface area contributed by atoms with Crippen molar-refractivity contribution in [2.75, 3.05) is 0 Å². The van der Waals surface area contributed by atoms with Crippen LogP contribution in [0.25, 0.3) is 0 Å². The minimum atomic E-state index is -4.51. The number of halogens is 5. The topological polar surface area (TPSA) is 34.1 Å². The molecule has 2 nitrogen and oxygen atoms in total. The van der Waals surface area contributed by atoms with Crippen molar-refractivity contribution < 1.29 is 21.6 Å². The largest absolute Gasteiger partial charge is 0.416 e. The van der Waals surface area contributed by atoms with Crippen LogP contribution in [0.2, 0.25) is 0 Å². The Kier molecular flexibility index (Phi) is 4.33. The number of sulfone groups is 1. The van der Waals surface area contributed by atoms with Crippen molar-refractivity contribution in [3.8, 4) is 0 Å². The quantitative estimate of drug-likeness (QED) is 0.802. The Bertz CT molecular complexity index is 497. The fourth-order valence-electron chi connectivity index (χ4n) is 1.13. The van der Waals surface area contributed by atoms with Gasteiger partial charge >= 0.3 is 6.18 Å². The lowest BCUT2D eigenvalue weighted by molar-refractivity contribution is -0.137. The standard InChI is InChI=1S/C9H7Cl2F3O2S/c10-8(11)17(15,16)5-6-2-1-3-7(4-6)9(12,13)14/h1-4,8H,5H2. The van der Waals surface area contributed by atoms with E-state index in [1.165, 1.54) is 6.07 Å². The van der Waals surface area contributed by atoms with E-state index in [4.69, 9.17) is 23.2 Å². The first-order valence-corrected chi connectivity index (χ1v) is 6.87. The Labute approximate surface area is 106 Å². The normalized spacial score (nSPS) is 13.1. The first-order valence-electron chi connectivity index (χ1n) is 4.29. The SMILES string of the molecule is O=S(=O)(Cc1cccc(C(F)(F)F)c1)C(Cl)Cl. The predicted molar refractivity (Wildman–Crippen MR) is 59.6 cm³/mol. The fraction of sp³-hybridized carbons (Fsp3) is 0.333. The zero-order valence-corrected chi connectivity index (χ0v) is 10.5. The molecule has 17 heavy (non-hydrogen) atoms. The molecule has 0 heterocycles. The molecule has 0 radical (unpaired) electrons. The summed E-state index contributed by atoms with van der Waals surface area (Å²) in [5.41, 5.74) is -0.919. The van der Waals surface area contributed by atoms with Crippen LogP contribution in [0, 0.1) is 0 Å². The molecule has 0 bridgehead atoms. The van der Waals surface area contributed by atoms with E-state index in [9.17, 15) is 21.6 Å². The molecular weight excluding hydrogens is 300 g/mol. The van der Waals surface area contributed by atoms with Gasteiger partial charge < -0.3 is 0 Å². The predicted octanol–water partition coefficient (Wildman–Crippen LogP) is 3.38. The third kappa shape index (κ3) is 4.04. The second-order valence-electron chi connectivity index (χ2n) is 3.27. The molecule has 8 heteroatoms. The average molecular weight is 307 g/mol. The van der Waals surface area contributed by atoms with Crippen LogP contribution in [0.3, 0.4) is 0 Å². The van der Waals surface area contributed by atoms with E-state index >= 15 is 0 Å². The first-order chi connectivity index (χ1) is 7.63. The van der Waals surface area contributed by atoms with Gasteiger partial charge in [-0.3, -0.25) is 0 Å². The summed E-state index contributed by atoms with van der Waals surface area (Å²) in [7, 11) is -3.85. The number of alkyl halides is 5. The summed E-state index contributed by atoms with van der Waals surface area (Å²) in [5.74, 6) is -0.630. The summed E-state index contributed by atoms with van der Waals surface area (Å²) in [4.78, 5) is 0. The van der Waals surface area contributed by atoms with Gasteiger partial charge in [-0.15, -0.1) is 0 Å². The van der Waals surface area contributed by atoms with Crippen LogP contribution in [0.1, 0.15) is 11.1 Å². The molecular formula is C9H7Cl2F3O2S. The van der Waals surface area contributed by atoms with E-state index in [2.05, 4.69) is 0 Å². The molecule has 0 unspecified atom stereocenters. The van der Waals surface area contributed by atoms with Crippen molar-refractivity contribution in [1.82, 2.24) is 0 Å². The fourth-order valence-corrected chi connectivity index (χ4v) is 2.28. The van der Waals surface area contributed by atoms with Gasteiger partial charge in [0.25, 0.3) is 0 Å². The Morgan fingerprint density at radius 3 is 2.29 bits per heavy atom. The first kappa shape index (κ1) is 14.6. The van der Waals surface area contributed by atoms with Crippen LogP contribution < -0.4 is 0 Å². The molecule has 0 spiro atoms. The summed E-state index contributed by atoms with van der Waals surface area (Å²) in [6, 6.07) is 4.01. The molecule has 0 aromatic heterocycles. The van der Waals surface area contributed by atoms with Crippen molar-refractivity contribution in [2.45, 2.75) is 16.1 Å². The summed E-state index contributed by atoms with van der Waals surface area (Å²) in [6.07, 6.45) is -4.51. The Balaban J connectivity index is 3.03. The Morgan fingerprint density at radius 2 is 1.82 bits per heavy atom. The molecule has 0 aliphatic rings.